The van der Waals surface area contributed by atoms with Crippen molar-refractivity contribution in [3.63, 3.8) is 0 Å². The summed E-state index contributed by atoms with van der Waals surface area (Å²) in [6.45, 7) is 2.75. The molecule has 0 saturated carbocycles. The number of ether oxygens (including phenoxy) is 1. The number of carboxylic acids is 1. The number of anilines is 2. The van der Waals surface area contributed by atoms with Crippen LogP contribution in [0.25, 0.3) is 11.1 Å². The predicted molar refractivity (Wildman–Crippen MR) is 118 cm³/mol. The Balaban J connectivity index is 1.90. The molecular weight excluding hydrogens is 418 g/mol. The molecule has 0 radical (unpaired) electrons. The van der Waals surface area contributed by atoms with E-state index in [0.29, 0.717) is 12.3 Å². The van der Waals surface area contributed by atoms with Crippen LogP contribution in [0.2, 0.25) is 0 Å². The van der Waals surface area contributed by atoms with Crippen LogP contribution in [0.15, 0.2) is 66.7 Å². The number of hydrogen-bond acceptors (Lipinski definition) is 5. The van der Waals surface area contributed by atoms with Crippen LogP contribution in [0.1, 0.15) is 30.1 Å². The number of aromatic carboxylic acids is 1. The van der Waals surface area contributed by atoms with E-state index < -0.39 is 23.0 Å². The van der Waals surface area contributed by atoms with Crippen molar-refractivity contribution in [1.29, 1.82) is 0 Å². The molecule has 0 spiro atoms. The summed E-state index contributed by atoms with van der Waals surface area (Å²) in [6.07, 6.45) is 2.04. The van der Waals surface area contributed by atoms with Crippen molar-refractivity contribution >= 4 is 28.6 Å². The molecule has 7 nitrogen and oxygen atoms in total. The maximum atomic E-state index is 12.0. The standard InChI is InChI=1S/C23H23NO6S/c1-2-3-13-30-20-10-7-16(8-11-20)17-5-4-6-18(14-17)24(31(28)29)19-9-12-21(23(26)27)22(25)15-19/h4-12,14-15,25H,2-3,13H2,1H3,(H,26,27)(H,28,29)/p-1. The molecule has 0 heterocycles. The lowest BCUT2D eigenvalue weighted by atomic mass is 10.0. The summed E-state index contributed by atoms with van der Waals surface area (Å²) in [6, 6.07) is 18.0. The van der Waals surface area contributed by atoms with E-state index in [4.69, 9.17) is 9.84 Å². The Bertz CT molecular complexity index is 1080. The van der Waals surface area contributed by atoms with Crippen LogP contribution in [0.5, 0.6) is 11.5 Å². The topological polar surface area (TPSA) is 110 Å². The van der Waals surface area contributed by atoms with Crippen LogP contribution in [-0.2, 0) is 11.3 Å². The van der Waals surface area contributed by atoms with Gasteiger partial charge in [-0.15, -0.1) is 0 Å². The highest BCUT2D eigenvalue weighted by Gasteiger charge is 2.16. The molecule has 0 bridgehead atoms. The van der Waals surface area contributed by atoms with Crippen molar-refractivity contribution in [3.05, 3.63) is 72.3 Å². The minimum Gasteiger partial charge on any atom is -0.755 e. The number of rotatable bonds is 9. The summed E-state index contributed by atoms with van der Waals surface area (Å²) in [5.41, 5.74) is 1.82. The highest BCUT2D eigenvalue weighted by Crippen LogP contribution is 2.33. The SMILES string of the molecule is CCCCOc1ccc(-c2cccc(N(c3ccc(C(=O)O)c(O)c3)S(=O)[O-])c2)cc1. The molecule has 8 heteroatoms. The van der Waals surface area contributed by atoms with E-state index in [0.717, 1.165) is 46.2 Å². The van der Waals surface area contributed by atoms with Crippen molar-refractivity contribution in [3.8, 4) is 22.6 Å². The highest BCUT2D eigenvalue weighted by molar-refractivity contribution is 7.81. The molecule has 162 valence electrons. The number of nitrogens with zero attached hydrogens (tertiary/aromatic N) is 1. The van der Waals surface area contributed by atoms with Crippen LogP contribution in [-0.4, -0.2) is 31.6 Å². The van der Waals surface area contributed by atoms with E-state index in [2.05, 4.69) is 6.92 Å². The first kappa shape index (κ1) is 22.3. The van der Waals surface area contributed by atoms with Crippen molar-refractivity contribution in [2.24, 2.45) is 0 Å². The van der Waals surface area contributed by atoms with Crippen molar-refractivity contribution in [2.45, 2.75) is 19.8 Å². The maximum Gasteiger partial charge on any atom is 0.339 e. The van der Waals surface area contributed by atoms with Gasteiger partial charge in [-0.05, 0) is 53.9 Å². The fourth-order valence-electron chi connectivity index (χ4n) is 3.04. The molecule has 0 aliphatic carbocycles. The predicted octanol–water partition coefficient (Wildman–Crippen LogP) is 4.87. The number of phenols is 1. The van der Waals surface area contributed by atoms with E-state index in [-0.39, 0.29) is 11.3 Å². The number of carboxylic acid groups (broad SMARTS) is 1. The van der Waals surface area contributed by atoms with Gasteiger partial charge in [0.25, 0.3) is 0 Å². The van der Waals surface area contributed by atoms with Gasteiger partial charge in [0.15, 0.2) is 0 Å². The van der Waals surface area contributed by atoms with Crippen molar-refractivity contribution < 1.29 is 28.5 Å². The van der Waals surface area contributed by atoms with E-state index in [1.807, 2.05) is 30.3 Å². The molecule has 0 fully saturated rings. The average molecular weight is 440 g/mol. The molecular formula is C23H22NO6S-. The molecule has 0 saturated heterocycles. The van der Waals surface area contributed by atoms with E-state index in [9.17, 15) is 18.7 Å². The first-order valence-electron chi connectivity index (χ1n) is 9.70. The molecule has 1 unspecified atom stereocenters. The minimum atomic E-state index is -2.70. The van der Waals surface area contributed by atoms with Gasteiger partial charge in [-0.25, -0.2) is 4.79 Å². The average Bonchev–Trinajstić information content (AvgIpc) is 2.74. The Morgan fingerprint density at radius 3 is 2.35 bits per heavy atom. The molecule has 1 atom stereocenters. The molecule has 3 aromatic carbocycles. The monoisotopic (exact) mass is 440 g/mol. The summed E-state index contributed by atoms with van der Waals surface area (Å²) in [7, 11) is 0. The zero-order valence-electron chi connectivity index (χ0n) is 16.9. The second-order valence-electron chi connectivity index (χ2n) is 6.79. The Morgan fingerprint density at radius 1 is 1.03 bits per heavy atom. The Labute approximate surface area is 183 Å². The summed E-state index contributed by atoms with van der Waals surface area (Å²) in [5, 5.41) is 19.0. The second kappa shape index (κ2) is 10.1. The lowest BCUT2D eigenvalue weighted by Gasteiger charge is -2.27. The second-order valence-corrected chi connectivity index (χ2v) is 7.59. The molecule has 2 N–H and O–H groups in total. The Morgan fingerprint density at radius 2 is 1.74 bits per heavy atom. The normalized spacial score (nSPS) is 11.7. The number of benzene rings is 3. The Hall–Kier alpha value is -3.36. The van der Waals surface area contributed by atoms with Gasteiger partial charge in [0.2, 0.25) is 0 Å². The number of unbranched alkanes of at least 4 members (excludes halogenated alkanes) is 1. The Kier molecular flexibility index (Phi) is 7.28. The minimum absolute atomic E-state index is 0.118. The first-order chi connectivity index (χ1) is 14.9. The van der Waals surface area contributed by atoms with E-state index in [1.165, 1.54) is 6.07 Å². The van der Waals surface area contributed by atoms with Crippen LogP contribution in [0.3, 0.4) is 0 Å². The van der Waals surface area contributed by atoms with Crippen molar-refractivity contribution in [1.82, 2.24) is 0 Å². The van der Waals surface area contributed by atoms with Gasteiger partial charge in [-0.3, -0.25) is 8.51 Å². The van der Waals surface area contributed by atoms with Gasteiger partial charge in [-0.2, -0.15) is 0 Å². The zero-order chi connectivity index (χ0) is 22.4. The quantitative estimate of drug-likeness (QED) is 0.363. The lowest BCUT2D eigenvalue weighted by molar-refractivity contribution is 0.0693. The fourth-order valence-corrected chi connectivity index (χ4v) is 3.61. The largest absolute Gasteiger partial charge is 0.755 e. The number of carbonyl (C=O) groups is 1. The van der Waals surface area contributed by atoms with Crippen molar-refractivity contribution in [2.75, 3.05) is 10.9 Å². The molecule has 0 aromatic heterocycles. The van der Waals surface area contributed by atoms with Gasteiger partial charge < -0.3 is 19.5 Å². The third kappa shape index (κ3) is 5.42. The molecule has 3 rings (SSSR count). The first-order valence-corrected chi connectivity index (χ1v) is 10.7. The van der Waals surface area contributed by atoms with Crippen LogP contribution in [0.4, 0.5) is 11.4 Å². The zero-order valence-corrected chi connectivity index (χ0v) is 17.7. The van der Waals surface area contributed by atoms with Gasteiger partial charge >= 0.3 is 5.97 Å². The summed E-state index contributed by atoms with van der Waals surface area (Å²) >= 11 is -2.70. The smallest absolute Gasteiger partial charge is 0.339 e. The maximum absolute atomic E-state index is 12.0. The van der Waals surface area contributed by atoms with Gasteiger partial charge in [0.1, 0.15) is 17.1 Å². The lowest BCUT2D eigenvalue weighted by Crippen LogP contribution is -2.19. The molecule has 0 aliphatic rings. The van der Waals surface area contributed by atoms with Gasteiger partial charge in [0.05, 0.1) is 29.2 Å². The number of hydrogen-bond donors (Lipinski definition) is 2. The van der Waals surface area contributed by atoms with Crippen LogP contribution >= 0.6 is 0 Å². The number of aromatic hydroxyl groups is 1. The highest BCUT2D eigenvalue weighted by atomic mass is 32.2. The van der Waals surface area contributed by atoms with Crippen LogP contribution in [0, 0.1) is 0 Å². The third-order valence-electron chi connectivity index (χ3n) is 4.63. The molecule has 0 aliphatic heterocycles. The molecule has 0 amide bonds. The van der Waals surface area contributed by atoms with E-state index in [1.54, 1.807) is 18.2 Å². The molecule has 31 heavy (non-hydrogen) atoms. The summed E-state index contributed by atoms with van der Waals surface area (Å²) in [4.78, 5) is 11.1. The van der Waals surface area contributed by atoms with Gasteiger partial charge in [0, 0.05) is 6.07 Å². The van der Waals surface area contributed by atoms with Gasteiger partial charge in [-0.1, -0.05) is 37.6 Å². The van der Waals surface area contributed by atoms with Crippen LogP contribution < -0.4 is 9.04 Å². The summed E-state index contributed by atoms with van der Waals surface area (Å²) < 4.78 is 30.6. The molecule has 3 aromatic rings. The fraction of sp³-hybridized carbons (Fsp3) is 0.174. The summed E-state index contributed by atoms with van der Waals surface area (Å²) in [5.74, 6) is -1.05. The third-order valence-corrected chi connectivity index (χ3v) is 5.35. The van der Waals surface area contributed by atoms with E-state index >= 15 is 0 Å².